The van der Waals surface area contributed by atoms with Crippen molar-refractivity contribution in [3.63, 3.8) is 0 Å². The van der Waals surface area contributed by atoms with Gasteiger partial charge in [-0.25, -0.2) is 9.59 Å². The van der Waals surface area contributed by atoms with E-state index < -0.39 is 23.6 Å². The zero-order chi connectivity index (χ0) is 16.8. The molecule has 0 aromatic heterocycles. The van der Waals surface area contributed by atoms with Gasteiger partial charge in [0.05, 0.1) is 13.2 Å². The summed E-state index contributed by atoms with van der Waals surface area (Å²) in [5.41, 5.74) is -2.05. The van der Waals surface area contributed by atoms with Crippen LogP contribution in [-0.2, 0) is 25.5 Å². The maximum absolute atomic E-state index is 12.0. The minimum atomic E-state index is -2.47. The van der Waals surface area contributed by atoms with Gasteiger partial charge in [-0.3, -0.25) is 0 Å². The maximum Gasteiger partial charge on any atom is 0.341 e. The minimum absolute atomic E-state index is 0.00594. The molecule has 1 aromatic carbocycles. The number of aliphatic hydroxyl groups is 2. The van der Waals surface area contributed by atoms with Crippen LogP contribution in [0.2, 0.25) is 0 Å². The highest BCUT2D eigenvalue weighted by Gasteiger charge is 2.49. The highest BCUT2D eigenvalue weighted by atomic mass is 16.6. The van der Waals surface area contributed by atoms with E-state index in [1.165, 1.54) is 38.1 Å². The van der Waals surface area contributed by atoms with E-state index >= 15 is 0 Å². The number of phenolic OH excluding ortho intramolecular Hbond substituents is 1. The fourth-order valence-corrected chi connectivity index (χ4v) is 1.88. The second-order valence-electron chi connectivity index (χ2n) is 4.64. The summed E-state index contributed by atoms with van der Waals surface area (Å²) in [5, 5.41) is 29.8. The molecule has 0 radical (unpaired) electrons. The maximum atomic E-state index is 12.0. The van der Waals surface area contributed by atoms with Gasteiger partial charge in [-0.2, -0.15) is 0 Å². The number of aliphatic hydroxyl groups excluding tert-OH is 1. The van der Waals surface area contributed by atoms with Crippen molar-refractivity contribution in [1.29, 1.82) is 0 Å². The first-order valence-corrected chi connectivity index (χ1v) is 6.87. The van der Waals surface area contributed by atoms with Gasteiger partial charge in [0.2, 0.25) is 5.60 Å². The third-order valence-electron chi connectivity index (χ3n) is 3.00. The molecule has 0 fully saturated rings. The number of carbonyl (C=O) groups is 2. The Kier molecular flexibility index (Phi) is 6.33. The van der Waals surface area contributed by atoms with Gasteiger partial charge in [0.25, 0.3) is 0 Å². The normalized spacial score (nSPS) is 14.7. The van der Waals surface area contributed by atoms with E-state index in [-0.39, 0.29) is 25.4 Å². The van der Waals surface area contributed by atoms with Crippen LogP contribution in [0.4, 0.5) is 0 Å². The molecule has 0 saturated heterocycles. The van der Waals surface area contributed by atoms with Crippen molar-refractivity contribution in [1.82, 2.24) is 0 Å². The summed E-state index contributed by atoms with van der Waals surface area (Å²) in [5.74, 6) is -2.23. The van der Waals surface area contributed by atoms with Crippen molar-refractivity contribution < 1.29 is 34.4 Å². The van der Waals surface area contributed by atoms with Crippen molar-refractivity contribution in [3.05, 3.63) is 29.8 Å². The summed E-state index contributed by atoms with van der Waals surface area (Å²) in [7, 11) is 0. The van der Waals surface area contributed by atoms with Gasteiger partial charge in [0.15, 0.2) is 6.10 Å². The van der Waals surface area contributed by atoms with Gasteiger partial charge in [0, 0.05) is 6.42 Å². The summed E-state index contributed by atoms with van der Waals surface area (Å²) in [6, 6.07) is 5.63. The van der Waals surface area contributed by atoms with Crippen LogP contribution in [0.3, 0.4) is 0 Å². The van der Waals surface area contributed by atoms with Crippen molar-refractivity contribution in [2.45, 2.75) is 32.0 Å². The smallest absolute Gasteiger partial charge is 0.341 e. The first kappa shape index (κ1) is 17.9. The molecule has 7 heteroatoms. The first-order valence-electron chi connectivity index (χ1n) is 6.87. The lowest BCUT2D eigenvalue weighted by molar-refractivity contribution is -0.189. The zero-order valence-corrected chi connectivity index (χ0v) is 12.5. The predicted molar refractivity (Wildman–Crippen MR) is 76.0 cm³/mol. The summed E-state index contributed by atoms with van der Waals surface area (Å²) in [6.07, 6.45) is -2.45. The molecule has 22 heavy (non-hydrogen) atoms. The highest BCUT2D eigenvalue weighted by molar-refractivity contribution is 5.89. The molecule has 0 aliphatic rings. The number of hydrogen-bond acceptors (Lipinski definition) is 7. The molecule has 3 N–H and O–H groups in total. The molecule has 0 amide bonds. The van der Waals surface area contributed by atoms with E-state index in [4.69, 9.17) is 4.74 Å². The highest BCUT2D eigenvalue weighted by Crippen LogP contribution is 2.22. The van der Waals surface area contributed by atoms with Crippen LogP contribution in [0.25, 0.3) is 0 Å². The fraction of sp³-hybridized carbons (Fsp3) is 0.467. The summed E-state index contributed by atoms with van der Waals surface area (Å²) in [6.45, 7) is 3.05. The molecular formula is C15H20O7. The molecule has 0 bridgehead atoms. The molecule has 2 unspecified atom stereocenters. The van der Waals surface area contributed by atoms with Gasteiger partial charge in [-0.15, -0.1) is 0 Å². The Labute approximate surface area is 128 Å². The van der Waals surface area contributed by atoms with Crippen molar-refractivity contribution in [3.8, 4) is 5.75 Å². The standard InChI is InChI=1S/C15H20O7/c1-3-21-13(18)12(17)15(20,14(19)22-4-2)9-10-5-7-11(16)8-6-10/h5-8,12,16-17,20H,3-4,9H2,1-2H3. The Morgan fingerprint density at radius 1 is 1.14 bits per heavy atom. The monoisotopic (exact) mass is 312 g/mol. The van der Waals surface area contributed by atoms with Crippen molar-refractivity contribution in [2.75, 3.05) is 13.2 Å². The number of rotatable bonds is 7. The lowest BCUT2D eigenvalue weighted by Crippen LogP contribution is -2.56. The molecule has 0 spiro atoms. The van der Waals surface area contributed by atoms with E-state index in [1.807, 2.05) is 0 Å². The summed E-state index contributed by atoms with van der Waals surface area (Å²) >= 11 is 0. The topological polar surface area (TPSA) is 113 Å². The average molecular weight is 312 g/mol. The molecule has 0 aliphatic carbocycles. The molecule has 2 atom stereocenters. The molecule has 1 rings (SSSR count). The Bertz CT molecular complexity index is 511. The zero-order valence-electron chi connectivity index (χ0n) is 12.5. The number of esters is 2. The van der Waals surface area contributed by atoms with E-state index in [0.717, 1.165) is 0 Å². The quantitative estimate of drug-likeness (QED) is 0.614. The lowest BCUT2D eigenvalue weighted by atomic mass is 9.88. The SMILES string of the molecule is CCOC(=O)C(O)C(O)(Cc1ccc(O)cc1)C(=O)OCC. The average Bonchev–Trinajstić information content (AvgIpc) is 2.49. The molecule has 0 heterocycles. The van der Waals surface area contributed by atoms with Crippen LogP contribution in [0, 0.1) is 0 Å². The van der Waals surface area contributed by atoms with Crippen LogP contribution in [0.15, 0.2) is 24.3 Å². The second kappa shape index (κ2) is 7.77. The van der Waals surface area contributed by atoms with E-state index in [2.05, 4.69) is 4.74 Å². The molecular weight excluding hydrogens is 292 g/mol. The van der Waals surface area contributed by atoms with Crippen LogP contribution < -0.4 is 0 Å². The van der Waals surface area contributed by atoms with Crippen LogP contribution in [-0.4, -0.2) is 52.2 Å². The Balaban J connectivity index is 3.07. The molecule has 7 nitrogen and oxygen atoms in total. The Hall–Kier alpha value is -2.12. The third-order valence-corrected chi connectivity index (χ3v) is 3.00. The summed E-state index contributed by atoms with van der Waals surface area (Å²) < 4.78 is 9.38. The number of carbonyl (C=O) groups excluding carboxylic acids is 2. The Morgan fingerprint density at radius 2 is 1.68 bits per heavy atom. The molecule has 0 saturated carbocycles. The number of aromatic hydroxyl groups is 1. The number of phenols is 1. The summed E-state index contributed by atoms with van der Waals surface area (Å²) in [4.78, 5) is 23.7. The Morgan fingerprint density at radius 3 is 2.18 bits per heavy atom. The van der Waals surface area contributed by atoms with Gasteiger partial charge in [-0.05, 0) is 31.5 Å². The molecule has 122 valence electrons. The largest absolute Gasteiger partial charge is 0.508 e. The van der Waals surface area contributed by atoms with Crippen molar-refractivity contribution in [2.24, 2.45) is 0 Å². The molecule has 0 aliphatic heterocycles. The van der Waals surface area contributed by atoms with Crippen LogP contribution in [0.1, 0.15) is 19.4 Å². The van der Waals surface area contributed by atoms with Crippen molar-refractivity contribution >= 4 is 11.9 Å². The van der Waals surface area contributed by atoms with E-state index in [1.54, 1.807) is 0 Å². The number of benzene rings is 1. The van der Waals surface area contributed by atoms with Crippen LogP contribution in [0.5, 0.6) is 5.75 Å². The van der Waals surface area contributed by atoms with E-state index in [0.29, 0.717) is 5.56 Å². The fourth-order valence-electron chi connectivity index (χ4n) is 1.88. The van der Waals surface area contributed by atoms with Gasteiger partial charge in [0.1, 0.15) is 5.75 Å². The molecule has 1 aromatic rings. The third kappa shape index (κ3) is 4.19. The lowest BCUT2D eigenvalue weighted by Gasteiger charge is -2.29. The van der Waals surface area contributed by atoms with Gasteiger partial charge in [-0.1, -0.05) is 12.1 Å². The van der Waals surface area contributed by atoms with E-state index in [9.17, 15) is 24.9 Å². The number of ether oxygens (including phenoxy) is 2. The number of hydrogen-bond donors (Lipinski definition) is 3. The van der Waals surface area contributed by atoms with Gasteiger partial charge < -0.3 is 24.8 Å². The van der Waals surface area contributed by atoms with Gasteiger partial charge >= 0.3 is 11.9 Å². The van der Waals surface area contributed by atoms with Crippen LogP contribution >= 0.6 is 0 Å². The minimum Gasteiger partial charge on any atom is -0.508 e. The second-order valence-corrected chi connectivity index (χ2v) is 4.64. The predicted octanol–water partition coefficient (Wildman–Crippen LogP) is 0.153. The first-order chi connectivity index (χ1) is 10.3.